The molecule has 21 heavy (non-hydrogen) atoms. The molecular weight excluding hydrogens is 254 g/mol. The van der Waals surface area contributed by atoms with Crippen LogP contribution in [0.2, 0.25) is 0 Å². The summed E-state index contributed by atoms with van der Waals surface area (Å²) in [5, 5.41) is 0. The fraction of sp³-hybridized carbons (Fsp3) is 0.900. The predicted octanol–water partition coefficient (Wildman–Crippen LogP) is 6.34. The highest BCUT2D eigenvalue weighted by Crippen LogP contribution is 2.20. The Labute approximate surface area is 135 Å². The fourth-order valence-electron chi connectivity index (χ4n) is 3.32. The average Bonchev–Trinajstić information content (AvgIpc) is 2.42. The maximum atomic E-state index is 3.99. The van der Waals surface area contributed by atoms with Crippen LogP contribution in [0.25, 0.3) is 0 Å². The van der Waals surface area contributed by atoms with Crippen LogP contribution in [0.15, 0.2) is 12.2 Å². The first kappa shape index (κ1) is 20.7. The Morgan fingerprint density at radius 1 is 0.905 bits per heavy atom. The van der Waals surface area contributed by atoms with E-state index < -0.39 is 0 Å². The van der Waals surface area contributed by atoms with Crippen molar-refractivity contribution in [1.29, 1.82) is 0 Å². The van der Waals surface area contributed by atoms with Gasteiger partial charge in [0.05, 0.1) is 26.2 Å². The second kappa shape index (κ2) is 12.3. The third kappa shape index (κ3) is 10.1. The van der Waals surface area contributed by atoms with E-state index in [2.05, 4.69) is 41.3 Å². The molecule has 0 bridgehead atoms. The van der Waals surface area contributed by atoms with E-state index in [4.69, 9.17) is 0 Å². The molecule has 2 atom stereocenters. The van der Waals surface area contributed by atoms with Crippen molar-refractivity contribution in [2.75, 3.05) is 20.1 Å². The second-order valence-electron chi connectivity index (χ2n) is 7.39. The monoisotopic (exact) mass is 296 g/mol. The third-order valence-electron chi connectivity index (χ3n) is 5.05. The van der Waals surface area contributed by atoms with E-state index in [9.17, 15) is 0 Å². The summed E-state index contributed by atoms with van der Waals surface area (Å²) in [5.41, 5.74) is 1.34. The maximum absolute atomic E-state index is 3.99. The van der Waals surface area contributed by atoms with Crippen LogP contribution in [0.1, 0.15) is 91.9 Å². The molecule has 0 aliphatic heterocycles. The Morgan fingerprint density at radius 2 is 1.57 bits per heavy atom. The molecule has 0 aromatic carbocycles. The van der Waals surface area contributed by atoms with Crippen molar-refractivity contribution in [1.82, 2.24) is 0 Å². The van der Waals surface area contributed by atoms with Crippen LogP contribution in [0.5, 0.6) is 0 Å². The van der Waals surface area contributed by atoms with Crippen LogP contribution < -0.4 is 0 Å². The van der Waals surface area contributed by atoms with Crippen molar-refractivity contribution in [2.45, 2.75) is 97.9 Å². The molecule has 0 aliphatic rings. The van der Waals surface area contributed by atoms with Gasteiger partial charge in [-0.2, -0.15) is 0 Å². The molecule has 0 spiro atoms. The topological polar surface area (TPSA) is 0 Å². The average molecular weight is 297 g/mol. The van der Waals surface area contributed by atoms with Gasteiger partial charge in [0.1, 0.15) is 0 Å². The predicted molar refractivity (Wildman–Crippen MR) is 97.7 cm³/mol. The summed E-state index contributed by atoms with van der Waals surface area (Å²) in [6.07, 6.45) is 13.6. The molecule has 0 saturated carbocycles. The first-order chi connectivity index (χ1) is 9.96. The maximum Gasteiger partial charge on any atom is 0.0859 e. The summed E-state index contributed by atoms with van der Waals surface area (Å²) >= 11 is 0. The number of rotatable bonds is 14. The van der Waals surface area contributed by atoms with Crippen LogP contribution in [0.3, 0.4) is 0 Å². The van der Waals surface area contributed by atoms with Gasteiger partial charge in [-0.3, -0.25) is 0 Å². The molecule has 0 rings (SSSR count). The van der Waals surface area contributed by atoms with Crippen molar-refractivity contribution in [2.24, 2.45) is 0 Å². The summed E-state index contributed by atoms with van der Waals surface area (Å²) in [6, 6.07) is 0.826. The zero-order valence-electron chi connectivity index (χ0n) is 15.7. The summed E-state index contributed by atoms with van der Waals surface area (Å²) in [6.45, 7) is 16.0. The van der Waals surface area contributed by atoms with Gasteiger partial charge in [-0.25, -0.2) is 0 Å². The van der Waals surface area contributed by atoms with Crippen molar-refractivity contribution < 1.29 is 4.48 Å². The van der Waals surface area contributed by atoms with Gasteiger partial charge in [-0.05, 0) is 58.8 Å². The van der Waals surface area contributed by atoms with Gasteiger partial charge < -0.3 is 4.48 Å². The van der Waals surface area contributed by atoms with E-state index in [1.54, 1.807) is 0 Å². The molecule has 0 fully saturated rings. The van der Waals surface area contributed by atoms with E-state index in [1.165, 1.54) is 87.4 Å². The van der Waals surface area contributed by atoms with Gasteiger partial charge >= 0.3 is 0 Å². The second-order valence-corrected chi connectivity index (χ2v) is 7.39. The van der Waals surface area contributed by atoms with Gasteiger partial charge in [0.25, 0.3) is 0 Å². The highest BCUT2D eigenvalue weighted by Gasteiger charge is 2.27. The third-order valence-corrected chi connectivity index (χ3v) is 5.05. The van der Waals surface area contributed by atoms with Gasteiger partial charge in [-0.15, -0.1) is 6.58 Å². The molecule has 0 heterocycles. The summed E-state index contributed by atoms with van der Waals surface area (Å²) in [7, 11) is 2.49. The minimum absolute atomic E-state index is 0.826. The van der Waals surface area contributed by atoms with E-state index in [0.29, 0.717) is 0 Å². The number of hydrogen-bond donors (Lipinski definition) is 0. The molecule has 0 aromatic heterocycles. The molecule has 1 heteroatoms. The molecule has 126 valence electrons. The lowest BCUT2D eigenvalue weighted by molar-refractivity contribution is -0.932. The van der Waals surface area contributed by atoms with Gasteiger partial charge in [-0.1, -0.05) is 38.7 Å². The van der Waals surface area contributed by atoms with Crippen molar-refractivity contribution in [3.63, 3.8) is 0 Å². The minimum Gasteiger partial charge on any atom is -0.324 e. The lowest BCUT2D eigenvalue weighted by Gasteiger charge is -2.40. The number of allylic oxidation sites excluding steroid dienone is 1. The first-order valence-corrected chi connectivity index (χ1v) is 9.44. The van der Waals surface area contributed by atoms with Crippen LogP contribution in [-0.4, -0.2) is 30.7 Å². The minimum atomic E-state index is 0.826. The Balaban J connectivity index is 4.04. The summed E-state index contributed by atoms with van der Waals surface area (Å²) < 4.78 is 1.29. The zero-order chi connectivity index (χ0) is 16.1. The standard InChI is InChI=1S/C20H42N/c1-7-9-12-16-20(5)21(6,17-8-2)18-14-11-10-13-15-19(3)4/h20H,3,7-18H2,1-2,4-6H3/q+1. The molecule has 1 nitrogen and oxygen atoms in total. The van der Waals surface area contributed by atoms with Crippen LogP contribution >= 0.6 is 0 Å². The van der Waals surface area contributed by atoms with E-state index in [1.807, 2.05) is 0 Å². The lowest BCUT2D eigenvalue weighted by atomic mass is 10.0. The van der Waals surface area contributed by atoms with E-state index in [0.717, 1.165) is 6.04 Å². The van der Waals surface area contributed by atoms with Crippen LogP contribution in [0.4, 0.5) is 0 Å². The van der Waals surface area contributed by atoms with Crippen molar-refractivity contribution >= 4 is 0 Å². The number of quaternary nitrogens is 1. The molecule has 0 saturated heterocycles. The van der Waals surface area contributed by atoms with Crippen LogP contribution in [0, 0.1) is 0 Å². The van der Waals surface area contributed by atoms with E-state index in [-0.39, 0.29) is 0 Å². The van der Waals surface area contributed by atoms with E-state index >= 15 is 0 Å². The first-order valence-electron chi connectivity index (χ1n) is 9.44. The number of nitrogens with zero attached hydrogens (tertiary/aromatic N) is 1. The quantitative estimate of drug-likeness (QED) is 0.199. The van der Waals surface area contributed by atoms with Gasteiger partial charge in [0, 0.05) is 0 Å². The highest BCUT2D eigenvalue weighted by molar-refractivity contribution is 4.86. The molecule has 0 aromatic rings. The molecule has 0 N–H and O–H groups in total. The molecule has 0 aliphatic carbocycles. The summed E-state index contributed by atoms with van der Waals surface area (Å²) in [4.78, 5) is 0. The zero-order valence-corrected chi connectivity index (χ0v) is 15.7. The molecule has 0 radical (unpaired) electrons. The largest absolute Gasteiger partial charge is 0.324 e. The molecule has 2 unspecified atom stereocenters. The Hall–Kier alpha value is -0.300. The molecular formula is C20H42N+. The Kier molecular flexibility index (Phi) is 12.1. The SMILES string of the molecule is C=C(C)CCCCCC[N+](C)(CCC)C(C)CCCCC. The highest BCUT2D eigenvalue weighted by atomic mass is 15.3. The summed E-state index contributed by atoms with van der Waals surface area (Å²) in [5.74, 6) is 0. The Bertz CT molecular complexity index is 259. The normalized spacial score (nSPS) is 15.7. The Morgan fingerprint density at radius 3 is 2.14 bits per heavy atom. The van der Waals surface area contributed by atoms with Crippen molar-refractivity contribution in [3.05, 3.63) is 12.2 Å². The van der Waals surface area contributed by atoms with Crippen molar-refractivity contribution in [3.8, 4) is 0 Å². The number of hydrogen-bond acceptors (Lipinski definition) is 0. The number of unbranched alkanes of at least 4 members (excludes halogenated alkanes) is 5. The lowest BCUT2D eigenvalue weighted by Crippen LogP contribution is -2.52. The molecule has 0 amide bonds. The van der Waals surface area contributed by atoms with Gasteiger partial charge in [0.2, 0.25) is 0 Å². The smallest absolute Gasteiger partial charge is 0.0859 e. The van der Waals surface area contributed by atoms with Crippen LogP contribution in [-0.2, 0) is 0 Å². The van der Waals surface area contributed by atoms with Gasteiger partial charge in [0.15, 0.2) is 0 Å². The fourth-order valence-corrected chi connectivity index (χ4v) is 3.32.